The Kier molecular flexibility index (Phi) is 487. The topological polar surface area (TPSA) is 23.8 Å². The van der Waals surface area contributed by atoms with Gasteiger partial charge in [0.1, 0.15) is 0 Å². The van der Waals surface area contributed by atoms with Crippen LogP contribution in [0.5, 0.6) is 0 Å². The van der Waals surface area contributed by atoms with Gasteiger partial charge in [-0.15, -0.1) is 0 Å². The molecule has 0 N–H and O–H groups in total. The van der Waals surface area contributed by atoms with Crippen LogP contribution in [0.15, 0.2) is 0 Å². The van der Waals surface area contributed by atoms with Gasteiger partial charge in [-0.2, -0.15) is 0 Å². The van der Waals surface area contributed by atoms with Crippen LogP contribution in [0.4, 0.5) is 0 Å². The molecule has 0 spiro atoms. The molecule has 0 aliphatic carbocycles. The van der Waals surface area contributed by atoms with E-state index in [2.05, 4.69) is 6.57 Å². The van der Waals surface area contributed by atoms with Crippen molar-refractivity contribution in [1.29, 1.82) is 5.26 Å². The van der Waals surface area contributed by atoms with E-state index in [1.807, 2.05) is 0 Å². The van der Waals surface area contributed by atoms with Crippen LogP contribution in [0.2, 0.25) is 0 Å². The van der Waals surface area contributed by atoms with Crippen LogP contribution in [0.25, 0.3) is 0 Å². The van der Waals surface area contributed by atoms with Crippen LogP contribution in [0.3, 0.4) is 0 Å². The van der Waals surface area contributed by atoms with Gasteiger partial charge >= 0.3 is 0 Å². The quantitative estimate of drug-likeness (QED) is 0.437. The van der Waals surface area contributed by atoms with Crippen molar-refractivity contribution in [3.05, 3.63) is 0 Å². The minimum Gasteiger partial charge on any atom is -0.202 e. The Morgan fingerprint density at radius 3 is 1.00 bits per heavy atom. The summed E-state index contributed by atoms with van der Waals surface area (Å²) in [4.78, 5) is 0. The van der Waals surface area contributed by atoms with E-state index in [9.17, 15) is 0 Å². The molecule has 3 heteroatoms. The summed E-state index contributed by atoms with van der Waals surface area (Å²) in [7, 11) is 0. The second-order valence-electron chi connectivity index (χ2n) is 0. The van der Waals surface area contributed by atoms with Crippen molar-refractivity contribution >= 4 is 0 Å². The van der Waals surface area contributed by atoms with Crippen molar-refractivity contribution in [3.63, 3.8) is 0 Å². The largest absolute Gasteiger partial charge is 0.202 e. The molecule has 26 valence electrons. The summed E-state index contributed by atoms with van der Waals surface area (Å²) in [6.45, 7) is 3.50. The minimum atomic E-state index is 0. The molecule has 0 aliphatic rings. The van der Waals surface area contributed by atoms with E-state index in [4.69, 9.17) is 5.26 Å². The van der Waals surface area contributed by atoms with Gasteiger partial charge < -0.3 is 0 Å². The summed E-state index contributed by atoms with van der Waals surface area (Å²) >= 11 is 0. The Morgan fingerprint density at radius 1 is 1.00 bits per heavy atom. The smallest absolute Gasteiger partial charge is 0.0462 e. The van der Waals surface area contributed by atoms with E-state index in [0.29, 0.717) is 0 Å². The van der Waals surface area contributed by atoms with Crippen LogP contribution in [-0.4, -0.2) is 0 Å². The maximum absolute atomic E-state index is 6.50. The molecule has 0 aliphatic heterocycles. The summed E-state index contributed by atoms with van der Waals surface area (Å²) in [6, 6.07) is 0. The summed E-state index contributed by atoms with van der Waals surface area (Å²) in [5.74, 6) is 0. The van der Waals surface area contributed by atoms with Crippen molar-refractivity contribution < 1.29 is 34.1 Å². The van der Waals surface area contributed by atoms with Gasteiger partial charge in [-0.1, -0.05) is 0 Å². The molecule has 0 atom stereocenters. The first-order valence-electron chi connectivity index (χ1n) is 0.258. The van der Waals surface area contributed by atoms with E-state index in [1.165, 1.54) is 0 Å². The Morgan fingerprint density at radius 2 is 1.00 bits per heavy atom. The zero-order chi connectivity index (χ0) is 2.00. The maximum Gasteiger partial charge on any atom is 0.0462 e. The minimum absolute atomic E-state index is 0. The third kappa shape index (κ3) is 21.1. The molecule has 4 heavy (non-hydrogen) atoms. The van der Waals surface area contributed by atoms with E-state index in [1.54, 1.807) is 0 Å². The Bertz CT molecular complexity index is 10.8. The molecule has 0 bridgehead atoms. The van der Waals surface area contributed by atoms with Crippen molar-refractivity contribution in [2.75, 3.05) is 0 Å². The van der Waals surface area contributed by atoms with E-state index < -0.39 is 0 Å². The Balaban J connectivity index is -0.00000000500. The number of rotatable bonds is 0. The van der Waals surface area contributed by atoms with Gasteiger partial charge in [0.2, 0.25) is 0 Å². The maximum atomic E-state index is 6.50. The van der Waals surface area contributed by atoms with Crippen LogP contribution < -0.4 is 0 Å². The fourth-order valence-corrected chi connectivity index (χ4v) is 0. The molecule has 0 aromatic rings. The van der Waals surface area contributed by atoms with Gasteiger partial charge in [0.05, 0.1) is 0 Å². The molecule has 0 aromatic heterocycles. The fraction of sp³-hybridized carbons (Fsp3) is 0. The van der Waals surface area contributed by atoms with Gasteiger partial charge in [0.25, 0.3) is 0 Å². The molecule has 0 amide bonds. The molecule has 0 fully saturated rings. The van der Waals surface area contributed by atoms with Gasteiger partial charge in [-0.05, 0) is 0 Å². The molecule has 0 aromatic carbocycles. The summed E-state index contributed by atoms with van der Waals surface area (Å²) in [6.07, 6.45) is 0. The second kappa shape index (κ2) is 80.7. The molecule has 0 saturated heterocycles. The predicted octanol–water partition coefficient (Wildman–Crippen LogP) is 0.135. The first kappa shape index (κ1) is 24.1. The van der Waals surface area contributed by atoms with E-state index >= 15 is 0 Å². The van der Waals surface area contributed by atoms with Gasteiger partial charge in [-0.3, -0.25) is 0 Å². The number of hydrogen-bond acceptors (Lipinski definition) is 1. The van der Waals surface area contributed by atoms with E-state index in [-0.39, 0.29) is 34.1 Å². The number of nitrogens with zero attached hydrogens (tertiary/aromatic N) is 1. The second-order valence-corrected chi connectivity index (χ2v) is 0. The van der Waals surface area contributed by atoms with Crippen LogP contribution in [0.1, 0.15) is 0 Å². The molecule has 1 nitrogen and oxygen atoms in total. The van der Waals surface area contributed by atoms with Crippen molar-refractivity contribution in [2.45, 2.75) is 0 Å². The zero-order valence-electron chi connectivity index (χ0n) is 1.73. The molecule has 0 rings (SSSR count). The van der Waals surface area contributed by atoms with E-state index in [0.717, 1.165) is 0 Å². The number of hydrogen-bond donors (Lipinski definition) is 0. The summed E-state index contributed by atoms with van der Waals surface area (Å²) < 4.78 is 0. The predicted molar refractivity (Wildman–Crippen MR) is 6.67 cm³/mol. The summed E-state index contributed by atoms with van der Waals surface area (Å²) in [5, 5.41) is 6.50. The Labute approximate surface area is 46.3 Å². The van der Waals surface area contributed by atoms with Crippen LogP contribution in [0, 0.1) is 11.8 Å². The monoisotopic (exact) mass is 139 g/mol. The zero-order valence-corrected chi connectivity index (χ0v) is 3.94. The molecule has 0 unspecified atom stereocenters. The molecule has 0 saturated carbocycles. The van der Waals surface area contributed by atoms with Gasteiger partial charge in [0, 0.05) is 40.7 Å². The normalized spacial score (nSPS) is 0.500. The number of nitriles is 1. The molecule has 0 heterocycles. The average Bonchev–Trinajstić information content (AvgIpc) is 1.00. The fourth-order valence-electron chi connectivity index (χ4n) is 0. The van der Waals surface area contributed by atoms with Crippen molar-refractivity contribution in [1.82, 2.24) is 0 Å². The van der Waals surface area contributed by atoms with Gasteiger partial charge in [0.15, 0.2) is 0 Å². The van der Waals surface area contributed by atoms with Crippen LogP contribution >= 0.6 is 0 Å². The first-order chi connectivity index (χ1) is 1.00. The standard InChI is InChI=1S/CHN.2Fe/c1-2;;/h1H;;. The molecular weight excluding hydrogens is 138 g/mol. The SMILES string of the molecule is C#N.[Fe].[Fe]. The molecule has 0 radical (unpaired) electrons. The van der Waals surface area contributed by atoms with Crippen molar-refractivity contribution in [3.8, 4) is 6.57 Å². The van der Waals surface area contributed by atoms with Crippen molar-refractivity contribution in [2.24, 2.45) is 0 Å². The average molecular weight is 139 g/mol. The Hall–Kier alpha value is 0.529. The molecular formula is CHFe2N. The third-order valence-electron chi connectivity index (χ3n) is 0. The summed E-state index contributed by atoms with van der Waals surface area (Å²) in [5.41, 5.74) is 0. The van der Waals surface area contributed by atoms with Gasteiger partial charge in [-0.25, -0.2) is 5.26 Å². The first-order valence-corrected chi connectivity index (χ1v) is 0.258. The third-order valence-corrected chi connectivity index (χ3v) is 0. The van der Waals surface area contributed by atoms with Crippen LogP contribution in [-0.2, 0) is 34.1 Å².